The van der Waals surface area contributed by atoms with Crippen LogP contribution in [-0.4, -0.2) is 19.9 Å². The van der Waals surface area contributed by atoms with E-state index in [1.54, 1.807) is 23.1 Å². The van der Waals surface area contributed by atoms with E-state index in [1.165, 1.54) is 12.8 Å². The van der Waals surface area contributed by atoms with Crippen molar-refractivity contribution in [2.75, 3.05) is 0 Å². The van der Waals surface area contributed by atoms with Gasteiger partial charge in [0.25, 0.3) is 0 Å². The molecule has 3 aromatic heterocycles. The van der Waals surface area contributed by atoms with E-state index in [0.29, 0.717) is 16.8 Å². The highest BCUT2D eigenvalue weighted by Crippen LogP contribution is 2.42. The third-order valence-corrected chi connectivity index (χ3v) is 6.44. The molecule has 5 nitrogen and oxygen atoms in total. The van der Waals surface area contributed by atoms with E-state index in [0.717, 1.165) is 32.9 Å². The van der Waals surface area contributed by atoms with Gasteiger partial charge in [-0.1, -0.05) is 46.7 Å². The lowest BCUT2D eigenvalue weighted by Crippen LogP contribution is -1.98. The fourth-order valence-electron chi connectivity index (χ4n) is 2.88. The molecular weight excluding hydrogens is 400 g/mol. The molecule has 1 saturated carbocycles. The van der Waals surface area contributed by atoms with Crippen molar-refractivity contribution in [3.05, 3.63) is 58.6 Å². The number of nitrogens with zero attached hydrogens (tertiary/aromatic N) is 4. The van der Waals surface area contributed by atoms with Gasteiger partial charge in [0.05, 0.1) is 10.6 Å². The number of hydrogen-bond acceptors (Lipinski definition) is 6. The van der Waals surface area contributed by atoms with E-state index >= 15 is 0 Å². The average molecular weight is 415 g/mol. The molecule has 1 aromatic carbocycles. The van der Waals surface area contributed by atoms with Gasteiger partial charge in [-0.25, -0.2) is 0 Å². The van der Waals surface area contributed by atoms with Gasteiger partial charge in [0.15, 0.2) is 11.0 Å². The lowest BCUT2D eigenvalue weighted by Gasteiger charge is -2.06. The van der Waals surface area contributed by atoms with Gasteiger partial charge in [-0.15, -0.1) is 21.5 Å². The molecule has 0 unspecified atom stereocenters. The number of rotatable bonds is 6. The third kappa shape index (κ3) is 3.54. The Morgan fingerprint density at radius 3 is 2.78 bits per heavy atom. The van der Waals surface area contributed by atoms with Crippen molar-refractivity contribution in [2.24, 2.45) is 0 Å². The molecule has 136 valence electrons. The molecule has 0 radical (unpaired) electrons. The van der Waals surface area contributed by atoms with Crippen LogP contribution in [-0.2, 0) is 5.75 Å². The molecule has 3 heterocycles. The lowest BCUT2D eigenvalue weighted by atomic mass is 10.1. The fraction of sp³-hybridized carbons (Fsp3) is 0.211. The summed E-state index contributed by atoms with van der Waals surface area (Å²) >= 11 is 9.28. The highest BCUT2D eigenvalue weighted by Gasteiger charge is 2.30. The summed E-state index contributed by atoms with van der Waals surface area (Å²) < 4.78 is 7.78. The van der Waals surface area contributed by atoms with Crippen LogP contribution in [0.2, 0.25) is 5.02 Å². The second-order valence-electron chi connectivity index (χ2n) is 6.36. The van der Waals surface area contributed by atoms with Crippen molar-refractivity contribution < 1.29 is 4.52 Å². The highest BCUT2D eigenvalue weighted by atomic mass is 35.5. The number of halogens is 1. The molecular formula is C19H15ClN4OS2. The van der Waals surface area contributed by atoms with Crippen molar-refractivity contribution in [1.29, 1.82) is 0 Å². The number of benzene rings is 1. The predicted molar refractivity (Wildman–Crippen MR) is 108 cm³/mol. The smallest absolute Gasteiger partial charge is 0.192 e. The Kier molecular flexibility index (Phi) is 4.51. The Labute approximate surface area is 169 Å². The van der Waals surface area contributed by atoms with Crippen LogP contribution in [0.4, 0.5) is 0 Å². The van der Waals surface area contributed by atoms with Crippen LogP contribution in [0.5, 0.6) is 0 Å². The number of thiophene rings is 1. The molecule has 5 rings (SSSR count). The van der Waals surface area contributed by atoms with Gasteiger partial charge >= 0.3 is 0 Å². The Morgan fingerprint density at radius 2 is 2.04 bits per heavy atom. The Hall–Kier alpha value is -2.09. The standard InChI is InChI=1S/C19H15ClN4OS2/c20-13-5-3-12(4-6-13)16-10-15(25-23-16)11-27-19-22-21-18(17-2-1-9-26-17)24(19)14-7-8-14/h1-6,9-10,14H,7-8,11H2. The summed E-state index contributed by atoms with van der Waals surface area (Å²) in [5, 5.41) is 16.8. The van der Waals surface area contributed by atoms with Gasteiger partial charge in [0, 0.05) is 22.7 Å². The van der Waals surface area contributed by atoms with Crippen LogP contribution < -0.4 is 0 Å². The molecule has 1 fully saturated rings. The number of thioether (sulfide) groups is 1. The maximum absolute atomic E-state index is 5.94. The SMILES string of the molecule is Clc1ccc(-c2cc(CSc3nnc(-c4cccs4)n3C3CC3)on2)cc1. The Balaban J connectivity index is 1.34. The van der Waals surface area contributed by atoms with E-state index < -0.39 is 0 Å². The molecule has 4 aromatic rings. The first-order chi connectivity index (χ1) is 13.3. The molecule has 27 heavy (non-hydrogen) atoms. The molecule has 1 aliphatic carbocycles. The predicted octanol–water partition coefficient (Wildman–Crippen LogP) is 5.94. The zero-order valence-corrected chi connectivity index (χ0v) is 16.6. The molecule has 8 heteroatoms. The lowest BCUT2D eigenvalue weighted by molar-refractivity contribution is 0.397. The van der Waals surface area contributed by atoms with E-state index in [-0.39, 0.29) is 0 Å². The minimum absolute atomic E-state index is 0.513. The summed E-state index contributed by atoms with van der Waals surface area (Å²) in [5.41, 5.74) is 1.80. The molecule has 0 atom stereocenters. The average Bonchev–Trinajstić information content (AvgIpc) is 3.10. The molecule has 0 bridgehead atoms. The normalized spacial score (nSPS) is 14.0. The molecule has 0 spiro atoms. The monoisotopic (exact) mass is 414 g/mol. The summed E-state index contributed by atoms with van der Waals surface area (Å²) in [5.74, 6) is 2.44. The first-order valence-corrected chi connectivity index (χ1v) is 10.9. The van der Waals surface area contributed by atoms with Crippen LogP contribution in [0, 0.1) is 0 Å². The molecule has 0 N–H and O–H groups in total. The van der Waals surface area contributed by atoms with Crippen LogP contribution in [0.3, 0.4) is 0 Å². The molecule has 0 saturated heterocycles. The van der Waals surface area contributed by atoms with E-state index in [4.69, 9.17) is 16.1 Å². The third-order valence-electron chi connectivity index (χ3n) is 4.36. The van der Waals surface area contributed by atoms with Crippen LogP contribution >= 0.6 is 34.7 Å². The first-order valence-electron chi connectivity index (χ1n) is 8.61. The number of hydrogen-bond donors (Lipinski definition) is 0. The van der Waals surface area contributed by atoms with Crippen LogP contribution in [0.25, 0.3) is 22.0 Å². The maximum Gasteiger partial charge on any atom is 0.192 e. The van der Waals surface area contributed by atoms with Gasteiger partial charge in [-0.05, 0) is 36.4 Å². The second-order valence-corrected chi connectivity index (χ2v) is 8.69. The minimum Gasteiger partial charge on any atom is -0.360 e. The Morgan fingerprint density at radius 1 is 1.19 bits per heavy atom. The summed E-state index contributed by atoms with van der Waals surface area (Å²) in [4.78, 5) is 1.16. The van der Waals surface area contributed by atoms with Crippen molar-refractivity contribution in [3.8, 4) is 22.0 Å². The van der Waals surface area contributed by atoms with Crippen molar-refractivity contribution in [1.82, 2.24) is 19.9 Å². The summed E-state index contributed by atoms with van der Waals surface area (Å²) in [7, 11) is 0. The summed E-state index contributed by atoms with van der Waals surface area (Å²) in [6.07, 6.45) is 2.37. The molecule has 1 aliphatic rings. The topological polar surface area (TPSA) is 56.7 Å². The van der Waals surface area contributed by atoms with E-state index in [2.05, 4.69) is 31.4 Å². The fourth-order valence-corrected chi connectivity index (χ4v) is 4.60. The highest BCUT2D eigenvalue weighted by molar-refractivity contribution is 7.98. The van der Waals surface area contributed by atoms with Gasteiger partial charge in [0.1, 0.15) is 11.5 Å². The summed E-state index contributed by atoms with van der Waals surface area (Å²) in [6, 6.07) is 14.2. The minimum atomic E-state index is 0.513. The summed E-state index contributed by atoms with van der Waals surface area (Å²) in [6.45, 7) is 0. The van der Waals surface area contributed by atoms with Gasteiger partial charge in [-0.2, -0.15) is 0 Å². The maximum atomic E-state index is 5.94. The molecule has 0 aliphatic heterocycles. The van der Waals surface area contributed by atoms with Crippen LogP contribution in [0.1, 0.15) is 24.6 Å². The zero-order chi connectivity index (χ0) is 18.2. The first kappa shape index (κ1) is 17.0. The van der Waals surface area contributed by atoms with Gasteiger partial charge in [-0.3, -0.25) is 4.57 Å². The van der Waals surface area contributed by atoms with Crippen molar-refractivity contribution >= 4 is 34.7 Å². The van der Waals surface area contributed by atoms with Crippen molar-refractivity contribution in [3.63, 3.8) is 0 Å². The largest absolute Gasteiger partial charge is 0.360 e. The quantitative estimate of drug-likeness (QED) is 0.365. The van der Waals surface area contributed by atoms with Crippen LogP contribution in [0.15, 0.2) is 57.5 Å². The molecule has 0 amide bonds. The van der Waals surface area contributed by atoms with Gasteiger partial charge < -0.3 is 4.52 Å². The zero-order valence-electron chi connectivity index (χ0n) is 14.2. The van der Waals surface area contributed by atoms with Crippen molar-refractivity contribution in [2.45, 2.75) is 29.8 Å². The van der Waals surface area contributed by atoms with Gasteiger partial charge in [0.2, 0.25) is 0 Å². The van der Waals surface area contributed by atoms with E-state index in [9.17, 15) is 0 Å². The Bertz CT molecular complexity index is 1050. The van der Waals surface area contributed by atoms with E-state index in [1.807, 2.05) is 36.4 Å². The number of aromatic nitrogens is 4. The second kappa shape index (κ2) is 7.14.